The summed E-state index contributed by atoms with van der Waals surface area (Å²) in [5.41, 5.74) is 5.57. The monoisotopic (exact) mass is 364 g/mol. The molecular formula is C15H36N2O4Si2. The van der Waals surface area contributed by atoms with Gasteiger partial charge >= 0.3 is 6.09 Å². The maximum absolute atomic E-state index is 11.9. The van der Waals surface area contributed by atoms with Crippen molar-refractivity contribution in [3.63, 3.8) is 0 Å². The molecule has 23 heavy (non-hydrogen) atoms. The number of nitrogens with one attached hydrogen (secondary N) is 1. The van der Waals surface area contributed by atoms with Crippen LogP contribution < -0.4 is 11.1 Å². The fraction of sp³-hybridized carbons (Fsp3) is 0.933. The smallest absolute Gasteiger partial charge is 0.407 e. The molecule has 2 unspecified atom stereocenters. The Kier molecular flexibility index (Phi) is 9.60. The molecule has 0 fully saturated rings. The minimum absolute atomic E-state index is 0.192. The average Bonchev–Trinajstić information content (AvgIpc) is 2.35. The van der Waals surface area contributed by atoms with Gasteiger partial charge in [0.15, 0.2) is 19.5 Å². The first-order chi connectivity index (χ1) is 10.4. The molecule has 0 aliphatic carbocycles. The lowest BCUT2D eigenvalue weighted by Gasteiger charge is -2.37. The molecule has 0 aromatic rings. The Bertz CT molecular complexity index is 356. The highest BCUT2D eigenvalue weighted by Gasteiger charge is 2.34. The van der Waals surface area contributed by atoms with Crippen molar-refractivity contribution >= 4 is 25.6 Å². The highest BCUT2D eigenvalue weighted by Crippen LogP contribution is 2.30. The Labute approximate surface area is 146 Å². The highest BCUT2D eigenvalue weighted by atomic mass is 28.2. The molecule has 2 atom stereocenters. The van der Waals surface area contributed by atoms with E-state index < -0.39 is 31.2 Å². The Hall–Kier alpha value is -0.416. The zero-order valence-electron chi connectivity index (χ0n) is 16.1. The second-order valence-electron chi connectivity index (χ2n) is 7.53. The summed E-state index contributed by atoms with van der Waals surface area (Å²) in [6, 6.07) is -0.396. The lowest BCUT2D eigenvalue weighted by Crippen LogP contribution is -2.50. The molecule has 0 saturated carbocycles. The maximum atomic E-state index is 11.9. The molecular weight excluding hydrogens is 328 g/mol. The molecule has 0 heterocycles. The SMILES string of the molecule is C[SiH2]OC(O[SiH2]C)C(C)(C)CC(N)C(C)NC(=O)OC(C)(C)C. The average molecular weight is 365 g/mol. The van der Waals surface area contributed by atoms with Crippen LogP contribution in [0.5, 0.6) is 0 Å². The Balaban J connectivity index is 4.63. The molecule has 1 amide bonds. The van der Waals surface area contributed by atoms with Gasteiger partial charge in [0.25, 0.3) is 0 Å². The van der Waals surface area contributed by atoms with Crippen molar-refractivity contribution in [1.29, 1.82) is 0 Å². The van der Waals surface area contributed by atoms with Gasteiger partial charge in [-0.05, 0) is 34.1 Å². The summed E-state index contributed by atoms with van der Waals surface area (Å²) in [4.78, 5) is 11.9. The summed E-state index contributed by atoms with van der Waals surface area (Å²) in [6.07, 6.45) is 0.0529. The van der Waals surface area contributed by atoms with Gasteiger partial charge in [0.1, 0.15) is 11.9 Å². The summed E-state index contributed by atoms with van der Waals surface area (Å²) in [6.45, 7) is 15.8. The molecule has 0 saturated heterocycles. The summed E-state index contributed by atoms with van der Waals surface area (Å²) in [7, 11) is -1.12. The second-order valence-corrected chi connectivity index (χ2v) is 9.36. The number of amides is 1. The molecule has 138 valence electrons. The Morgan fingerprint density at radius 2 is 1.61 bits per heavy atom. The van der Waals surface area contributed by atoms with Crippen LogP contribution in [-0.2, 0) is 13.6 Å². The van der Waals surface area contributed by atoms with Gasteiger partial charge in [0.2, 0.25) is 0 Å². The first-order valence-corrected chi connectivity index (χ1v) is 12.4. The van der Waals surface area contributed by atoms with E-state index in [1.165, 1.54) is 0 Å². The van der Waals surface area contributed by atoms with Crippen LogP contribution in [0.3, 0.4) is 0 Å². The summed E-state index contributed by atoms with van der Waals surface area (Å²) in [5, 5.41) is 2.81. The van der Waals surface area contributed by atoms with Gasteiger partial charge in [-0.1, -0.05) is 26.9 Å². The number of alkyl carbamates (subject to hydrolysis) is 1. The van der Waals surface area contributed by atoms with Gasteiger partial charge in [-0.15, -0.1) is 0 Å². The minimum Gasteiger partial charge on any atom is -0.444 e. The lowest BCUT2D eigenvalue weighted by molar-refractivity contribution is -0.0850. The molecule has 0 aliphatic heterocycles. The first-order valence-electron chi connectivity index (χ1n) is 8.41. The van der Waals surface area contributed by atoms with Crippen molar-refractivity contribution in [1.82, 2.24) is 5.32 Å². The quantitative estimate of drug-likeness (QED) is 0.475. The summed E-state index contributed by atoms with van der Waals surface area (Å²) in [5.74, 6) is 0. The lowest BCUT2D eigenvalue weighted by atomic mass is 9.83. The minimum atomic E-state index is -0.558. The van der Waals surface area contributed by atoms with E-state index in [4.69, 9.17) is 19.3 Å². The standard InChI is InChI=1S/C15H36N2O4Si2/c1-10(17-13(18)19-14(2,3)4)11(16)9-15(5,6)12(20-22-7)21-23-8/h10-12H,9,16,22-23H2,1-8H3,(H,17,18). The zero-order chi connectivity index (χ0) is 18.3. The summed E-state index contributed by atoms with van der Waals surface area (Å²) >= 11 is 0. The molecule has 8 heteroatoms. The van der Waals surface area contributed by atoms with Crippen molar-refractivity contribution in [2.24, 2.45) is 11.1 Å². The van der Waals surface area contributed by atoms with Gasteiger partial charge in [0, 0.05) is 17.5 Å². The van der Waals surface area contributed by atoms with E-state index in [0.29, 0.717) is 6.42 Å². The molecule has 0 aromatic heterocycles. The molecule has 0 rings (SSSR count). The van der Waals surface area contributed by atoms with Crippen LogP contribution in [0, 0.1) is 5.41 Å². The van der Waals surface area contributed by atoms with Crippen LogP contribution in [-0.4, -0.2) is 49.6 Å². The predicted octanol–water partition coefficient (Wildman–Crippen LogP) is 1.27. The first kappa shape index (κ1) is 22.6. The van der Waals surface area contributed by atoms with E-state index in [-0.39, 0.29) is 23.8 Å². The largest absolute Gasteiger partial charge is 0.444 e. The molecule has 0 bridgehead atoms. The molecule has 0 aromatic carbocycles. The third-order valence-corrected chi connectivity index (χ3v) is 4.69. The van der Waals surface area contributed by atoms with Crippen molar-refractivity contribution in [3.8, 4) is 0 Å². The fourth-order valence-electron chi connectivity index (χ4n) is 2.28. The van der Waals surface area contributed by atoms with Gasteiger partial charge in [-0.2, -0.15) is 0 Å². The van der Waals surface area contributed by atoms with E-state index in [2.05, 4.69) is 32.3 Å². The second kappa shape index (κ2) is 9.78. The van der Waals surface area contributed by atoms with E-state index >= 15 is 0 Å². The molecule has 6 nitrogen and oxygen atoms in total. The van der Waals surface area contributed by atoms with Crippen LogP contribution in [0.1, 0.15) is 48.0 Å². The third-order valence-electron chi connectivity index (χ3n) is 3.42. The van der Waals surface area contributed by atoms with Crippen molar-refractivity contribution in [2.45, 2.75) is 85.0 Å². The number of ether oxygens (including phenoxy) is 1. The van der Waals surface area contributed by atoms with Gasteiger partial charge < -0.3 is 24.6 Å². The predicted molar refractivity (Wildman–Crippen MR) is 100.0 cm³/mol. The Morgan fingerprint density at radius 1 is 1.13 bits per heavy atom. The maximum Gasteiger partial charge on any atom is 0.407 e. The van der Waals surface area contributed by atoms with Gasteiger partial charge in [-0.3, -0.25) is 0 Å². The fourth-order valence-corrected chi connectivity index (χ4v) is 4.18. The van der Waals surface area contributed by atoms with Crippen LogP contribution in [0.2, 0.25) is 13.1 Å². The number of carbonyl (C=O) groups excluding carboxylic acids is 1. The Morgan fingerprint density at radius 3 is 2.00 bits per heavy atom. The number of nitrogens with two attached hydrogens (primary N) is 1. The zero-order valence-corrected chi connectivity index (χ0v) is 18.9. The van der Waals surface area contributed by atoms with E-state index in [0.717, 1.165) is 0 Å². The number of rotatable bonds is 9. The normalized spacial score (nSPS) is 17.6. The molecule has 0 spiro atoms. The van der Waals surface area contributed by atoms with Crippen molar-refractivity contribution in [2.75, 3.05) is 0 Å². The van der Waals surface area contributed by atoms with E-state index in [1.54, 1.807) is 0 Å². The topological polar surface area (TPSA) is 82.8 Å². The third kappa shape index (κ3) is 9.46. The highest BCUT2D eigenvalue weighted by molar-refractivity contribution is 6.26. The summed E-state index contributed by atoms with van der Waals surface area (Å²) < 4.78 is 17.0. The number of hydrogen-bond acceptors (Lipinski definition) is 5. The van der Waals surface area contributed by atoms with Crippen molar-refractivity contribution < 1.29 is 18.4 Å². The number of carbonyl (C=O) groups is 1. The number of hydrogen-bond donors (Lipinski definition) is 2. The van der Waals surface area contributed by atoms with Gasteiger partial charge in [0.05, 0.1) is 0 Å². The van der Waals surface area contributed by atoms with E-state index in [9.17, 15) is 4.79 Å². The van der Waals surface area contributed by atoms with Crippen LogP contribution in [0.15, 0.2) is 0 Å². The van der Waals surface area contributed by atoms with Crippen molar-refractivity contribution in [3.05, 3.63) is 0 Å². The molecule has 3 N–H and O–H groups in total. The van der Waals surface area contributed by atoms with E-state index in [1.807, 2.05) is 27.7 Å². The molecule has 0 radical (unpaired) electrons. The molecule has 0 aliphatic rings. The van der Waals surface area contributed by atoms with Gasteiger partial charge in [-0.25, -0.2) is 4.79 Å². The van der Waals surface area contributed by atoms with Crippen LogP contribution in [0.4, 0.5) is 4.79 Å². The van der Waals surface area contributed by atoms with Crippen LogP contribution >= 0.6 is 0 Å². The van der Waals surface area contributed by atoms with Crippen LogP contribution in [0.25, 0.3) is 0 Å².